The summed E-state index contributed by atoms with van der Waals surface area (Å²) < 4.78 is 0. The SMILES string of the molecule is CCCC(CCC)(C(=O)NCCCC1CC1)C(N)=S. The van der Waals surface area contributed by atoms with Crippen molar-refractivity contribution in [3.05, 3.63) is 0 Å². The summed E-state index contributed by atoms with van der Waals surface area (Å²) in [4.78, 5) is 12.8. The van der Waals surface area contributed by atoms with E-state index in [1.165, 1.54) is 19.3 Å². The van der Waals surface area contributed by atoms with Gasteiger partial charge in [0.15, 0.2) is 0 Å². The van der Waals surface area contributed by atoms with Crippen molar-refractivity contribution in [3.63, 3.8) is 0 Å². The van der Waals surface area contributed by atoms with E-state index < -0.39 is 5.41 Å². The van der Waals surface area contributed by atoms with Gasteiger partial charge >= 0.3 is 0 Å². The third kappa shape index (κ3) is 4.75. The minimum absolute atomic E-state index is 0.0412. The molecule has 0 heterocycles. The molecule has 0 aromatic rings. The second kappa shape index (κ2) is 7.83. The van der Waals surface area contributed by atoms with E-state index in [2.05, 4.69) is 19.2 Å². The molecule has 1 rings (SSSR count). The van der Waals surface area contributed by atoms with Crippen LogP contribution in [0.5, 0.6) is 0 Å². The summed E-state index contributed by atoms with van der Waals surface area (Å²) >= 11 is 5.18. The third-order valence-electron chi connectivity index (χ3n) is 4.03. The molecule has 0 spiro atoms. The molecule has 0 aromatic heterocycles. The fourth-order valence-corrected chi connectivity index (χ4v) is 3.03. The van der Waals surface area contributed by atoms with Gasteiger partial charge in [0.2, 0.25) is 5.91 Å². The van der Waals surface area contributed by atoms with Crippen molar-refractivity contribution in [2.24, 2.45) is 17.1 Å². The number of carbonyl (C=O) groups excluding carboxylic acids is 1. The standard InChI is InChI=1S/C15H28N2OS/c1-3-9-15(10-4-2,13(16)19)14(18)17-11-5-6-12-7-8-12/h12H,3-11H2,1-2H3,(H2,16,19)(H,17,18). The van der Waals surface area contributed by atoms with Crippen LogP contribution in [0, 0.1) is 11.3 Å². The number of nitrogens with one attached hydrogen (secondary N) is 1. The highest BCUT2D eigenvalue weighted by atomic mass is 32.1. The van der Waals surface area contributed by atoms with Gasteiger partial charge < -0.3 is 11.1 Å². The smallest absolute Gasteiger partial charge is 0.233 e. The largest absolute Gasteiger partial charge is 0.392 e. The highest BCUT2D eigenvalue weighted by Gasteiger charge is 2.39. The van der Waals surface area contributed by atoms with Crippen LogP contribution >= 0.6 is 12.2 Å². The van der Waals surface area contributed by atoms with E-state index in [9.17, 15) is 4.79 Å². The van der Waals surface area contributed by atoms with E-state index in [1.54, 1.807) is 0 Å². The predicted octanol–water partition coefficient (Wildman–Crippen LogP) is 3.17. The molecule has 1 saturated carbocycles. The first-order chi connectivity index (χ1) is 9.06. The molecule has 0 aromatic carbocycles. The lowest BCUT2D eigenvalue weighted by Gasteiger charge is -2.31. The summed E-state index contributed by atoms with van der Waals surface area (Å²) in [5, 5.41) is 3.05. The highest BCUT2D eigenvalue weighted by molar-refractivity contribution is 7.80. The average Bonchev–Trinajstić information content (AvgIpc) is 3.17. The minimum Gasteiger partial charge on any atom is -0.392 e. The molecule has 3 nitrogen and oxygen atoms in total. The maximum Gasteiger partial charge on any atom is 0.233 e. The summed E-state index contributed by atoms with van der Waals surface area (Å²) in [7, 11) is 0. The number of rotatable bonds is 10. The van der Waals surface area contributed by atoms with Gasteiger partial charge in [0.25, 0.3) is 0 Å². The molecule has 1 aliphatic rings. The van der Waals surface area contributed by atoms with Crippen LogP contribution in [0.1, 0.15) is 65.2 Å². The molecule has 3 N–H and O–H groups in total. The number of carbonyl (C=O) groups is 1. The Morgan fingerprint density at radius 1 is 1.32 bits per heavy atom. The van der Waals surface area contributed by atoms with E-state index in [4.69, 9.17) is 18.0 Å². The molecule has 0 saturated heterocycles. The van der Waals surface area contributed by atoms with Crippen molar-refractivity contribution in [2.45, 2.75) is 65.2 Å². The average molecular weight is 284 g/mol. The Bertz CT molecular complexity index is 307. The van der Waals surface area contributed by atoms with Crippen LogP contribution < -0.4 is 11.1 Å². The minimum atomic E-state index is -0.627. The van der Waals surface area contributed by atoms with Crippen molar-refractivity contribution in [1.82, 2.24) is 5.32 Å². The van der Waals surface area contributed by atoms with Gasteiger partial charge in [-0.3, -0.25) is 4.79 Å². The zero-order valence-electron chi connectivity index (χ0n) is 12.3. The first-order valence-electron chi connectivity index (χ1n) is 7.65. The molecule has 4 heteroatoms. The van der Waals surface area contributed by atoms with Gasteiger partial charge in [-0.1, -0.05) is 51.7 Å². The quantitative estimate of drug-likeness (QED) is 0.478. The van der Waals surface area contributed by atoms with Crippen molar-refractivity contribution in [2.75, 3.05) is 6.54 Å². The van der Waals surface area contributed by atoms with Crippen LogP contribution in [-0.4, -0.2) is 17.4 Å². The number of thiocarbonyl (C=S) groups is 1. The molecule has 0 bridgehead atoms. The van der Waals surface area contributed by atoms with Crippen molar-refractivity contribution in [3.8, 4) is 0 Å². The summed E-state index contributed by atoms with van der Waals surface area (Å²) in [5.41, 5.74) is 5.25. The van der Waals surface area contributed by atoms with Gasteiger partial charge in [-0.25, -0.2) is 0 Å². The van der Waals surface area contributed by atoms with Crippen molar-refractivity contribution in [1.29, 1.82) is 0 Å². The topological polar surface area (TPSA) is 55.1 Å². The fraction of sp³-hybridized carbons (Fsp3) is 0.867. The van der Waals surface area contributed by atoms with Crippen LogP contribution in [0.15, 0.2) is 0 Å². The maximum atomic E-state index is 12.5. The highest BCUT2D eigenvalue weighted by Crippen LogP contribution is 2.33. The predicted molar refractivity (Wildman–Crippen MR) is 84.0 cm³/mol. The Balaban J connectivity index is 2.50. The Hall–Kier alpha value is -0.640. The van der Waals surface area contributed by atoms with Gasteiger partial charge in [-0.2, -0.15) is 0 Å². The normalized spacial score (nSPS) is 15.3. The Labute approximate surface area is 122 Å². The van der Waals surface area contributed by atoms with Crippen LogP contribution in [0.4, 0.5) is 0 Å². The van der Waals surface area contributed by atoms with Gasteiger partial charge in [0.1, 0.15) is 0 Å². The summed E-state index contributed by atoms with van der Waals surface area (Å²) in [6, 6.07) is 0. The summed E-state index contributed by atoms with van der Waals surface area (Å²) in [5.74, 6) is 0.961. The Kier molecular flexibility index (Phi) is 6.76. The van der Waals surface area contributed by atoms with Crippen LogP contribution in [-0.2, 0) is 4.79 Å². The lowest BCUT2D eigenvalue weighted by atomic mass is 9.78. The molecule has 0 unspecified atom stereocenters. The number of hydrogen-bond donors (Lipinski definition) is 2. The van der Waals surface area contributed by atoms with Crippen LogP contribution in [0.25, 0.3) is 0 Å². The zero-order chi connectivity index (χ0) is 14.3. The molecule has 1 aliphatic carbocycles. The fourth-order valence-electron chi connectivity index (χ4n) is 2.73. The van der Waals surface area contributed by atoms with E-state index in [0.29, 0.717) is 4.99 Å². The van der Waals surface area contributed by atoms with Gasteiger partial charge in [0, 0.05) is 6.54 Å². The maximum absolute atomic E-state index is 12.5. The first kappa shape index (κ1) is 16.4. The monoisotopic (exact) mass is 284 g/mol. The van der Waals surface area contributed by atoms with Crippen molar-refractivity contribution >= 4 is 23.1 Å². The van der Waals surface area contributed by atoms with Gasteiger partial charge in [-0.15, -0.1) is 0 Å². The Morgan fingerprint density at radius 3 is 2.32 bits per heavy atom. The second-order valence-corrected chi connectivity index (χ2v) is 6.23. The lowest BCUT2D eigenvalue weighted by molar-refractivity contribution is -0.128. The van der Waals surface area contributed by atoms with Gasteiger partial charge in [0.05, 0.1) is 10.4 Å². The lowest BCUT2D eigenvalue weighted by Crippen LogP contribution is -2.49. The van der Waals surface area contributed by atoms with Gasteiger partial charge in [-0.05, 0) is 31.6 Å². The number of hydrogen-bond acceptors (Lipinski definition) is 2. The molecule has 110 valence electrons. The number of amides is 1. The number of nitrogens with two attached hydrogens (primary N) is 1. The molecular weight excluding hydrogens is 256 g/mol. The van der Waals surface area contributed by atoms with E-state index in [1.807, 2.05) is 0 Å². The first-order valence-corrected chi connectivity index (χ1v) is 8.05. The van der Waals surface area contributed by atoms with Crippen molar-refractivity contribution < 1.29 is 4.79 Å². The Morgan fingerprint density at radius 2 is 1.89 bits per heavy atom. The van der Waals surface area contributed by atoms with E-state index in [-0.39, 0.29) is 5.91 Å². The zero-order valence-corrected chi connectivity index (χ0v) is 13.2. The molecule has 19 heavy (non-hydrogen) atoms. The van der Waals surface area contributed by atoms with E-state index >= 15 is 0 Å². The molecular formula is C15H28N2OS. The third-order valence-corrected chi connectivity index (χ3v) is 4.42. The molecule has 1 amide bonds. The van der Waals surface area contributed by atoms with Crippen LogP contribution in [0.3, 0.4) is 0 Å². The van der Waals surface area contributed by atoms with E-state index in [0.717, 1.165) is 44.6 Å². The summed E-state index contributed by atoms with van der Waals surface area (Å²) in [6.07, 6.45) is 8.41. The molecule has 0 atom stereocenters. The molecule has 1 fully saturated rings. The summed E-state index contributed by atoms with van der Waals surface area (Å²) in [6.45, 7) is 4.90. The molecule has 0 radical (unpaired) electrons. The van der Waals surface area contributed by atoms with Crippen LogP contribution in [0.2, 0.25) is 0 Å². The molecule has 0 aliphatic heterocycles. The second-order valence-electron chi connectivity index (χ2n) is 5.79.